The van der Waals surface area contributed by atoms with Gasteiger partial charge in [0.15, 0.2) is 0 Å². The van der Waals surface area contributed by atoms with Gasteiger partial charge in [0.1, 0.15) is 0 Å². The van der Waals surface area contributed by atoms with Crippen LogP contribution < -0.4 is 5.32 Å². The fraction of sp³-hybridized carbons (Fsp3) is 0.333. The lowest BCUT2D eigenvalue weighted by atomic mass is 9.97. The van der Waals surface area contributed by atoms with E-state index in [0.717, 1.165) is 23.6 Å². The molecule has 0 bridgehead atoms. The number of nitrogens with one attached hydrogen (secondary N) is 1. The minimum atomic E-state index is 0.156. The molecule has 106 valence electrons. The van der Waals surface area contributed by atoms with Crippen molar-refractivity contribution in [2.45, 2.75) is 33.2 Å². The molecule has 0 aliphatic heterocycles. The first-order valence-corrected chi connectivity index (χ1v) is 7.55. The molecule has 0 aromatic heterocycles. The standard InChI is InChI=1S/C18H22ClN/c1-4-11-20-18(15-8-5-13(2)6-9-15)16-10-7-14(3)12-17(16)19/h5-10,12,18,20H,4,11H2,1-3H3. The maximum atomic E-state index is 6.44. The molecule has 1 atom stereocenters. The molecule has 0 amide bonds. The number of hydrogen-bond acceptors (Lipinski definition) is 1. The van der Waals surface area contributed by atoms with Gasteiger partial charge in [-0.25, -0.2) is 0 Å². The van der Waals surface area contributed by atoms with E-state index in [1.165, 1.54) is 16.7 Å². The average Bonchev–Trinajstić information content (AvgIpc) is 2.42. The van der Waals surface area contributed by atoms with Crippen LogP contribution in [0.25, 0.3) is 0 Å². The van der Waals surface area contributed by atoms with Gasteiger partial charge in [-0.05, 0) is 49.6 Å². The predicted octanol–water partition coefficient (Wildman–Crippen LogP) is 5.05. The van der Waals surface area contributed by atoms with Crippen LogP contribution in [-0.4, -0.2) is 6.54 Å². The second kappa shape index (κ2) is 6.92. The Morgan fingerprint density at radius 1 is 1.00 bits per heavy atom. The maximum Gasteiger partial charge on any atom is 0.0591 e. The predicted molar refractivity (Wildman–Crippen MR) is 87.5 cm³/mol. The van der Waals surface area contributed by atoms with E-state index >= 15 is 0 Å². The SMILES string of the molecule is CCCNC(c1ccc(C)cc1)c1ccc(C)cc1Cl. The van der Waals surface area contributed by atoms with E-state index in [2.05, 4.69) is 62.5 Å². The topological polar surface area (TPSA) is 12.0 Å². The average molecular weight is 288 g/mol. The third-order valence-corrected chi connectivity index (χ3v) is 3.80. The summed E-state index contributed by atoms with van der Waals surface area (Å²) < 4.78 is 0. The molecule has 0 aliphatic carbocycles. The highest BCUT2D eigenvalue weighted by Gasteiger charge is 2.16. The number of halogens is 1. The van der Waals surface area contributed by atoms with Gasteiger partial charge in [-0.3, -0.25) is 0 Å². The summed E-state index contributed by atoms with van der Waals surface area (Å²) in [6.45, 7) is 7.33. The molecule has 2 aromatic carbocycles. The zero-order chi connectivity index (χ0) is 14.5. The van der Waals surface area contributed by atoms with Gasteiger partial charge in [-0.2, -0.15) is 0 Å². The molecule has 0 radical (unpaired) electrons. The molecule has 0 saturated heterocycles. The van der Waals surface area contributed by atoms with Crippen LogP contribution in [0.15, 0.2) is 42.5 Å². The molecule has 20 heavy (non-hydrogen) atoms. The summed E-state index contributed by atoms with van der Waals surface area (Å²) in [5.41, 5.74) is 4.87. The third kappa shape index (κ3) is 3.62. The van der Waals surface area contributed by atoms with E-state index < -0.39 is 0 Å². The Labute approximate surface area is 127 Å². The molecule has 2 aromatic rings. The van der Waals surface area contributed by atoms with Gasteiger partial charge in [0, 0.05) is 5.02 Å². The van der Waals surface area contributed by atoms with Crippen molar-refractivity contribution in [3.8, 4) is 0 Å². The van der Waals surface area contributed by atoms with Crippen molar-refractivity contribution in [2.24, 2.45) is 0 Å². The lowest BCUT2D eigenvalue weighted by molar-refractivity contribution is 0.598. The second-order valence-corrected chi connectivity index (χ2v) is 5.73. The van der Waals surface area contributed by atoms with Crippen LogP contribution in [0.2, 0.25) is 5.02 Å². The molecule has 2 rings (SSSR count). The smallest absolute Gasteiger partial charge is 0.0591 e. The third-order valence-electron chi connectivity index (χ3n) is 3.48. The van der Waals surface area contributed by atoms with Crippen molar-refractivity contribution in [3.63, 3.8) is 0 Å². The van der Waals surface area contributed by atoms with Crippen LogP contribution in [0, 0.1) is 13.8 Å². The van der Waals surface area contributed by atoms with Gasteiger partial charge in [0.2, 0.25) is 0 Å². The lowest BCUT2D eigenvalue weighted by Crippen LogP contribution is -2.23. The van der Waals surface area contributed by atoms with Gasteiger partial charge in [0.05, 0.1) is 6.04 Å². The summed E-state index contributed by atoms with van der Waals surface area (Å²) in [5.74, 6) is 0. The van der Waals surface area contributed by atoms with Crippen LogP contribution in [0.1, 0.15) is 41.6 Å². The van der Waals surface area contributed by atoms with E-state index in [4.69, 9.17) is 11.6 Å². The van der Waals surface area contributed by atoms with Crippen molar-refractivity contribution >= 4 is 11.6 Å². The summed E-state index contributed by atoms with van der Waals surface area (Å²) >= 11 is 6.44. The first-order chi connectivity index (χ1) is 9.61. The van der Waals surface area contributed by atoms with Gasteiger partial charge < -0.3 is 5.32 Å². The van der Waals surface area contributed by atoms with Crippen molar-refractivity contribution < 1.29 is 0 Å². The van der Waals surface area contributed by atoms with Crippen LogP contribution in [0.4, 0.5) is 0 Å². The monoisotopic (exact) mass is 287 g/mol. The molecular weight excluding hydrogens is 266 g/mol. The summed E-state index contributed by atoms with van der Waals surface area (Å²) in [4.78, 5) is 0. The summed E-state index contributed by atoms with van der Waals surface area (Å²) in [5, 5.41) is 4.43. The zero-order valence-corrected chi connectivity index (χ0v) is 13.2. The maximum absolute atomic E-state index is 6.44. The molecule has 1 N–H and O–H groups in total. The Kier molecular flexibility index (Phi) is 5.22. The minimum absolute atomic E-state index is 0.156. The summed E-state index contributed by atoms with van der Waals surface area (Å²) in [6.07, 6.45) is 1.10. The van der Waals surface area contributed by atoms with E-state index in [9.17, 15) is 0 Å². The van der Waals surface area contributed by atoms with E-state index in [1.807, 2.05) is 6.07 Å². The van der Waals surface area contributed by atoms with Crippen LogP contribution >= 0.6 is 11.6 Å². The summed E-state index contributed by atoms with van der Waals surface area (Å²) in [7, 11) is 0. The van der Waals surface area contributed by atoms with Gasteiger partial charge in [-0.15, -0.1) is 0 Å². The fourth-order valence-corrected chi connectivity index (χ4v) is 2.67. The largest absolute Gasteiger partial charge is 0.306 e. The molecule has 0 aliphatic rings. The van der Waals surface area contributed by atoms with Crippen molar-refractivity contribution in [1.82, 2.24) is 5.32 Å². The Hall–Kier alpha value is -1.31. The molecule has 0 fully saturated rings. The highest BCUT2D eigenvalue weighted by atomic mass is 35.5. The van der Waals surface area contributed by atoms with Gasteiger partial charge in [0.25, 0.3) is 0 Å². The Morgan fingerprint density at radius 2 is 1.65 bits per heavy atom. The summed E-state index contributed by atoms with van der Waals surface area (Å²) in [6, 6.07) is 15.1. The molecular formula is C18H22ClN. The highest BCUT2D eigenvalue weighted by molar-refractivity contribution is 6.31. The van der Waals surface area contributed by atoms with E-state index in [0.29, 0.717) is 0 Å². The first-order valence-electron chi connectivity index (χ1n) is 7.18. The quantitative estimate of drug-likeness (QED) is 0.812. The van der Waals surface area contributed by atoms with Crippen molar-refractivity contribution in [1.29, 1.82) is 0 Å². The molecule has 1 nitrogen and oxygen atoms in total. The van der Waals surface area contributed by atoms with E-state index in [1.54, 1.807) is 0 Å². The van der Waals surface area contributed by atoms with Crippen LogP contribution in [0.3, 0.4) is 0 Å². The molecule has 0 heterocycles. The number of rotatable bonds is 5. The lowest BCUT2D eigenvalue weighted by Gasteiger charge is -2.21. The van der Waals surface area contributed by atoms with Crippen LogP contribution in [-0.2, 0) is 0 Å². The molecule has 0 saturated carbocycles. The minimum Gasteiger partial charge on any atom is -0.306 e. The van der Waals surface area contributed by atoms with Crippen molar-refractivity contribution in [3.05, 3.63) is 69.7 Å². The van der Waals surface area contributed by atoms with Crippen molar-refractivity contribution in [2.75, 3.05) is 6.54 Å². The molecule has 1 unspecified atom stereocenters. The zero-order valence-electron chi connectivity index (χ0n) is 12.4. The second-order valence-electron chi connectivity index (χ2n) is 5.32. The molecule has 2 heteroatoms. The van der Waals surface area contributed by atoms with Gasteiger partial charge in [-0.1, -0.05) is 60.5 Å². The number of benzene rings is 2. The Bertz CT molecular complexity index is 560. The Balaban J connectivity index is 2.38. The number of aryl methyl sites for hydroxylation is 2. The first kappa shape index (κ1) is 15.1. The van der Waals surface area contributed by atoms with Gasteiger partial charge >= 0.3 is 0 Å². The Morgan fingerprint density at radius 3 is 2.25 bits per heavy atom. The number of hydrogen-bond donors (Lipinski definition) is 1. The van der Waals surface area contributed by atoms with Crippen LogP contribution in [0.5, 0.6) is 0 Å². The normalized spacial score (nSPS) is 12.4. The molecule has 0 spiro atoms. The van der Waals surface area contributed by atoms with E-state index in [-0.39, 0.29) is 6.04 Å². The fourth-order valence-electron chi connectivity index (χ4n) is 2.32. The highest BCUT2D eigenvalue weighted by Crippen LogP contribution is 2.29.